The van der Waals surface area contributed by atoms with Crippen LogP contribution >= 0.6 is 11.8 Å². The highest BCUT2D eigenvalue weighted by Gasteiger charge is 2.45. The smallest absolute Gasteiger partial charge is 0.132 e. The van der Waals surface area contributed by atoms with Crippen LogP contribution in [-0.4, -0.2) is 24.9 Å². The SMILES string of the molecule is CCNC(C#N)(CSc1ccccc1OC)C1CC1. The van der Waals surface area contributed by atoms with E-state index >= 15 is 0 Å². The van der Waals surface area contributed by atoms with Crippen LogP contribution in [0.3, 0.4) is 0 Å². The van der Waals surface area contributed by atoms with E-state index < -0.39 is 0 Å². The highest BCUT2D eigenvalue weighted by atomic mass is 32.2. The number of hydrogen-bond acceptors (Lipinski definition) is 4. The van der Waals surface area contributed by atoms with E-state index in [0.29, 0.717) is 5.92 Å². The predicted molar refractivity (Wildman–Crippen MR) is 78.5 cm³/mol. The van der Waals surface area contributed by atoms with Gasteiger partial charge in [-0.1, -0.05) is 19.1 Å². The molecule has 1 aromatic carbocycles. The first kappa shape index (κ1) is 14.2. The Balaban J connectivity index is 2.08. The highest BCUT2D eigenvalue weighted by Crippen LogP contribution is 2.43. The van der Waals surface area contributed by atoms with Crippen molar-refractivity contribution in [3.63, 3.8) is 0 Å². The molecule has 1 aromatic rings. The predicted octanol–water partition coefficient (Wildman–Crippen LogP) is 3.07. The molecule has 1 unspecified atom stereocenters. The van der Waals surface area contributed by atoms with Crippen LogP contribution in [0, 0.1) is 17.2 Å². The first-order chi connectivity index (χ1) is 9.25. The largest absolute Gasteiger partial charge is 0.496 e. The maximum atomic E-state index is 9.57. The zero-order valence-electron chi connectivity index (χ0n) is 11.5. The number of methoxy groups -OCH3 is 1. The first-order valence-corrected chi connectivity index (χ1v) is 7.66. The van der Waals surface area contributed by atoms with Crippen LogP contribution in [0.25, 0.3) is 0 Å². The Morgan fingerprint density at radius 3 is 2.79 bits per heavy atom. The molecule has 0 aromatic heterocycles. The molecule has 19 heavy (non-hydrogen) atoms. The van der Waals surface area contributed by atoms with E-state index in [9.17, 15) is 5.26 Å². The number of nitriles is 1. The van der Waals surface area contributed by atoms with E-state index in [2.05, 4.69) is 18.3 Å². The van der Waals surface area contributed by atoms with Crippen molar-refractivity contribution >= 4 is 11.8 Å². The van der Waals surface area contributed by atoms with Gasteiger partial charge in [-0.25, -0.2) is 0 Å². The van der Waals surface area contributed by atoms with Crippen molar-refractivity contribution in [1.82, 2.24) is 5.32 Å². The lowest BCUT2D eigenvalue weighted by atomic mass is 9.98. The van der Waals surface area contributed by atoms with Gasteiger partial charge in [0.1, 0.15) is 11.3 Å². The van der Waals surface area contributed by atoms with Crippen LogP contribution in [0.4, 0.5) is 0 Å². The van der Waals surface area contributed by atoms with Gasteiger partial charge in [0, 0.05) is 10.6 Å². The molecule has 1 N–H and O–H groups in total. The summed E-state index contributed by atoms with van der Waals surface area (Å²) in [4.78, 5) is 1.10. The van der Waals surface area contributed by atoms with Gasteiger partial charge in [0.15, 0.2) is 0 Å². The standard InChI is InChI=1S/C15H20N2OS/c1-3-17-15(10-16,12-8-9-12)11-19-14-7-5-4-6-13(14)18-2/h4-7,12,17H,3,8-9,11H2,1-2H3. The fraction of sp³-hybridized carbons (Fsp3) is 0.533. The number of thioether (sulfide) groups is 1. The third-order valence-corrected chi connectivity index (χ3v) is 4.74. The molecule has 1 aliphatic carbocycles. The summed E-state index contributed by atoms with van der Waals surface area (Å²) < 4.78 is 5.36. The molecule has 0 radical (unpaired) electrons. The molecule has 0 heterocycles. The van der Waals surface area contributed by atoms with Gasteiger partial charge >= 0.3 is 0 Å². The molecule has 1 fully saturated rings. The number of ether oxygens (including phenoxy) is 1. The number of benzene rings is 1. The van der Waals surface area contributed by atoms with E-state index in [1.54, 1.807) is 18.9 Å². The van der Waals surface area contributed by atoms with Crippen molar-refractivity contribution in [2.45, 2.75) is 30.2 Å². The van der Waals surface area contributed by atoms with Crippen LogP contribution in [0.1, 0.15) is 19.8 Å². The fourth-order valence-corrected chi connectivity index (χ4v) is 3.55. The Morgan fingerprint density at radius 1 is 1.47 bits per heavy atom. The Labute approximate surface area is 119 Å². The Hall–Kier alpha value is -1.18. The quantitative estimate of drug-likeness (QED) is 0.777. The maximum Gasteiger partial charge on any atom is 0.132 e. The number of para-hydroxylation sites is 1. The lowest BCUT2D eigenvalue weighted by Gasteiger charge is -2.27. The van der Waals surface area contributed by atoms with Crippen molar-refractivity contribution < 1.29 is 4.74 Å². The molecule has 0 spiro atoms. The van der Waals surface area contributed by atoms with Gasteiger partial charge in [0.05, 0.1) is 13.2 Å². The van der Waals surface area contributed by atoms with Gasteiger partial charge in [0.25, 0.3) is 0 Å². The van der Waals surface area contributed by atoms with Gasteiger partial charge in [-0.2, -0.15) is 5.26 Å². The van der Waals surface area contributed by atoms with Crippen LogP contribution < -0.4 is 10.1 Å². The zero-order chi connectivity index (χ0) is 13.7. The van der Waals surface area contributed by atoms with Crippen LogP contribution in [0.2, 0.25) is 0 Å². The topological polar surface area (TPSA) is 45.0 Å². The number of hydrogen-bond donors (Lipinski definition) is 1. The summed E-state index contributed by atoms with van der Waals surface area (Å²) in [6.45, 7) is 2.89. The van der Waals surface area contributed by atoms with Crippen LogP contribution in [-0.2, 0) is 0 Å². The monoisotopic (exact) mass is 276 g/mol. The molecule has 0 amide bonds. The van der Waals surface area contributed by atoms with E-state index in [4.69, 9.17) is 4.74 Å². The summed E-state index contributed by atoms with van der Waals surface area (Å²) in [5.41, 5.74) is -0.389. The van der Waals surface area contributed by atoms with E-state index in [-0.39, 0.29) is 5.54 Å². The first-order valence-electron chi connectivity index (χ1n) is 6.68. The van der Waals surface area contributed by atoms with Crippen LogP contribution in [0.15, 0.2) is 29.2 Å². The van der Waals surface area contributed by atoms with Gasteiger partial charge in [-0.15, -0.1) is 11.8 Å². The lowest BCUT2D eigenvalue weighted by Crippen LogP contribution is -2.48. The number of nitrogens with one attached hydrogen (secondary N) is 1. The summed E-state index contributed by atoms with van der Waals surface area (Å²) in [6, 6.07) is 10.5. The molecule has 0 bridgehead atoms. The number of nitrogens with zero attached hydrogens (tertiary/aromatic N) is 1. The summed E-state index contributed by atoms with van der Waals surface area (Å²) in [7, 11) is 1.68. The summed E-state index contributed by atoms with van der Waals surface area (Å²) in [5.74, 6) is 2.15. The summed E-state index contributed by atoms with van der Waals surface area (Å²) >= 11 is 1.70. The van der Waals surface area contributed by atoms with Crippen molar-refractivity contribution in [3.05, 3.63) is 24.3 Å². The van der Waals surface area contributed by atoms with Gasteiger partial charge in [-0.05, 0) is 37.4 Å². The lowest BCUT2D eigenvalue weighted by molar-refractivity contribution is 0.403. The van der Waals surface area contributed by atoms with E-state index in [1.165, 1.54) is 0 Å². The van der Waals surface area contributed by atoms with Crippen molar-refractivity contribution in [2.75, 3.05) is 19.4 Å². The molecule has 0 aliphatic heterocycles. The van der Waals surface area contributed by atoms with Gasteiger partial charge in [-0.3, -0.25) is 5.32 Å². The molecule has 1 saturated carbocycles. The highest BCUT2D eigenvalue weighted by molar-refractivity contribution is 7.99. The third-order valence-electron chi connectivity index (χ3n) is 3.49. The molecule has 1 atom stereocenters. The second-order valence-corrected chi connectivity index (χ2v) is 5.84. The third kappa shape index (κ3) is 3.23. The van der Waals surface area contributed by atoms with Crippen LogP contribution in [0.5, 0.6) is 5.75 Å². The average molecular weight is 276 g/mol. The van der Waals surface area contributed by atoms with Gasteiger partial charge < -0.3 is 4.74 Å². The normalized spacial score (nSPS) is 17.5. The Morgan fingerprint density at radius 2 is 2.21 bits per heavy atom. The summed E-state index contributed by atoms with van der Waals surface area (Å²) in [5, 5.41) is 13.0. The molecule has 2 rings (SSSR count). The molecule has 102 valence electrons. The van der Waals surface area contributed by atoms with Crippen molar-refractivity contribution in [1.29, 1.82) is 5.26 Å². The zero-order valence-corrected chi connectivity index (χ0v) is 12.3. The minimum atomic E-state index is -0.389. The molecular weight excluding hydrogens is 256 g/mol. The number of rotatable bonds is 7. The van der Waals surface area contributed by atoms with E-state index in [0.717, 1.165) is 35.8 Å². The molecular formula is C15H20N2OS. The Kier molecular flexibility index (Phi) is 4.73. The maximum absolute atomic E-state index is 9.57. The second-order valence-electron chi connectivity index (χ2n) is 4.83. The fourth-order valence-electron chi connectivity index (χ4n) is 2.30. The van der Waals surface area contributed by atoms with Crippen molar-refractivity contribution in [2.24, 2.45) is 5.92 Å². The summed E-state index contributed by atoms with van der Waals surface area (Å²) in [6.07, 6.45) is 2.32. The van der Waals surface area contributed by atoms with E-state index in [1.807, 2.05) is 24.3 Å². The minimum absolute atomic E-state index is 0.389. The second kappa shape index (κ2) is 6.31. The molecule has 1 aliphatic rings. The minimum Gasteiger partial charge on any atom is -0.496 e. The molecule has 0 saturated heterocycles. The van der Waals surface area contributed by atoms with Gasteiger partial charge in [0.2, 0.25) is 0 Å². The average Bonchev–Trinajstić information content (AvgIpc) is 3.29. The Bertz CT molecular complexity index is 467. The molecule has 3 nitrogen and oxygen atoms in total. The molecule has 4 heteroatoms. The van der Waals surface area contributed by atoms with Crippen molar-refractivity contribution in [3.8, 4) is 11.8 Å².